The van der Waals surface area contributed by atoms with Crippen molar-refractivity contribution in [3.63, 3.8) is 0 Å². The molecule has 8 nitrogen and oxygen atoms in total. The Morgan fingerprint density at radius 3 is 2.73 bits per heavy atom. The van der Waals surface area contributed by atoms with Crippen molar-refractivity contribution >= 4 is 5.82 Å². The fraction of sp³-hybridized carbons (Fsp3) is 0.318. The number of benzene rings is 1. The lowest BCUT2D eigenvalue weighted by molar-refractivity contribution is 0.0423. The molecule has 0 fully saturated rings. The topological polar surface area (TPSA) is 85.5 Å². The Kier molecular flexibility index (Phi) is 5.78. The van der Waals surface area contributed by atoms with E-state index in [1.807, 2.05) is 48.5 Å². The van der Waals surface area contributed by atoms with Crippen LogP contribution >= 0.6 is 0 Å². The first-order valence-electron chi connectivity index (χ1n) is 9.81. The molecular weight excluding hydrogens is 382 g/mol. The zero-order chi connectivity index (χ0) is 21.1. The largest absolute Gasteiger partial charge is 0.495 e. The van der Waals surface area contributed by atoms with E-state index < -0.39 is 6.10 Å². The molecule has 0 aliphatic carbocycles. The third kappa shape index (κ3) is 4.19. The normalized spacial score (nSPS) is 14.9. The number of hydrogen-bond donors (Lipinski definition) is 1. The van der Waals surface area contributed by atoms with Gasteiger partial charge in [-0.05, 0) is 26.0 Å². The van der Waals surface area contributed by atoms with Gasteiger partial charge in [-0.25, -0.2) is 14.6 Å². The van der Waals surface area contributed by atoms with Gasteiger partial charge in [-0.2, -0.15) is 5.10 Å². The predicted octanol–water partition coefficient (Wildman–Crippen LogP) is 3.02. The summed E-state index contributed by atoms with van der Waals surface area (Å²) in [4.78, 5) is 11.2. The van der Waals surface area contributed by atoms with E-state index in [1.54, 1.807) is 4.68 Å². The second kappa shape index (κ2) is 8.64. The Labute approximate surface area is 175 Å². The summed E-state index contributed by atoms with van der Waals surface area (Å²) in [5.74, 6) is 2.51. The number of hydrogen-bond acceptors (Lipinski definition) is 7. The highest BCUT2D eigenvalue weighted by Crippen LogP contribution is 2.24. The Bertz CT molecular complexity index is 1060. The van der Waals surface area contributed by atoms with E-state index in [0.717, 1.165) is 17.0 Å². The van der Waals surface area contributed by atoms with Gasteiger partial charge in [-0.3, -0.25) is 0 Å². The molecule has 0 radical (unpaired) electrons. The van der Waals surface area contributed by atoms with Gasteiger partial charge in [-0.1, -0.05) is 23.8 Å². The number of nitrogens with zero attached hydrogens (tertiary/aromatic N) is 5. The highest BCUT2D eigenvalue weighted by atomic mass is 16.5. The molecule has 3 heterocycles. The number of allylic oxidation sites excluding steroid dienone is 1. The van der Waals surface area contributed by atoms with E-state index in [-0.39, 0.29) is 6.61 Å². The molecule has 1 atom stereocenters. The zero-order valence-corrected chi connectivity index (χ0v) is 17.3. The summed E-state index contributed by atoms with van der Waals surface area (Å²) in [6.45, 7) is 4.98. The van der Waals surface area contributed by atoms with Gasteiger partial charge in [0, 0.05) is 31.1 Å². The summed E-state index contributed by atoms with van der Waals surface area (Å²) in [5, 5.41) is 14.4. The van der Waals surface area contributed by atoms with Crippen LogP contribution in [0.2, 0.25) is 0 Å². The zero-order valence-electron chi connectivity index (χ0n) is 17.3. The van der Waals surface area contributed by atoms with Crippen LogP contribution in [0.25, 0.3) is 17.1 Å². The summed E-state index contributed by atoms with van der Waals surface area (Å²) >= 11 is 0. The second-order valence-electron chi connectivity index (χ2n) is 7.15. The van der Waals surface area contributed by atoms with Crippen molar-refractivity contribution in [1.29, 1.82) is 0 Å². The third-order valence-corrected chi connectivity index (χ3v) is 4.89. The maximum absolute atomic E-state index is 9.69. The maximum atomic E-state index is 9.69. The minimum absolute atomic E-state index is 0.217. The molecule has 156 valence electrons. The van der Waals surface area contributed by atoms with Crippen LogP contribution in [0.4, 0.5) is 5.82 Å². The van der Waals surface area contributed by atoms with Gasteiger partial charge in [0.05, 0.1) is 18.8 Å². The quantitative estimate of drug-likeness (QED) is 0.672. The molecule has 8 heteroatoms. The van der Waals surface area contributed by atoms with Crippen LogP contribution < -0.4 is 4.90 Å². The van der Waals surface area contributed by atoms with Crippen LogP contribution in [0.5, 0.6) is 0 Å². The van der Waals surface area contributed by atoms with Gasteiger partial charge in [0.15, 0.2) is 11.6 Å². The fourth-order valence-electron chi connectivity index (χ4n) is 3.33. The molecule has 30 heavy (non-hydrogen) atoms. The van der Waals surface area contributed by atoms with Gasteiger partial charge >= 0.3 is 0 Å². The number of methoxy groups -OCH3 is 1. The van der Waals surface area contributed by atoms with Crippen LogP contribution in [-0.2, 0) is 9.47 Å². The van der Waals surface area contributed by atoms with Crippen molar-refractivity contribution < 1.29 is 14.6 Å². The molecule has 0 spiro atoms. The van der Waals surface area contributed by atoms with Gasteiger partial charge in [-0.15, -0.1) is 0 Å². The monoisotopic (exact) mass is 407 g/mol. The van der Waals surface area contributed by atoms with Crippen molar-refractivity contribution in [3.8, 4) is 17.1 Å². The maximum Gasteiger partial charge on any atom is 0.164 e. The molecular formula is C22H25N5O3. The van der Waals surface area contributed by atoms with Gasteiger partial charge in [0.2, 0.25) is 0 Å². The van der Waals surface area contributed by atoms with E-state index in [4.69, 9.17) is 14.6 Å². The number of rotatable bonds is 6. The van der Waals surface area contributed by atoms with Crippen molar-refractivity contribution in [2.75, 3.05) is 31.8 Å². The van der Waals surface area contributed by atoms with Crippen LogP contribution in [-0.4, -0.2) is 51.7 Å². The van der Waals surface area contributed by atoms with Crippen molar-refractivity contribution in [1.82, 2.24) is 19.7 Å². The average molecular weight is 407 g/mol. The Morgan fingerprint density at radius 2 is 2.00 bits per heavy atom. The lowest BCUT2D eigenvalue weighted by Gasteiger charge is -2.26. The van der Waals surface area contributed by atoms with Crippen molar-refractivity contribution in [2.24, 2.45) is 0 Å². The summed E-state index contributed by atoms with van der Waals surface area (Å²) in [6.07, 6.45) is 3.15. The molecule has 1 aliphatic heterocycles. The summed E-state index contributed by atoms with van der Waals surface area (Å²) in [6, 6.07) is 12.0. The van der Waals surface area contributed by atoms with Gasteiger partial charge in [0.25, 0.3) is 0 Å². The second-order valence-corrected chi connectivity index (χ2v) is 7.15. The number of anilines is 1. The van der Waals surface area contributed by atoms with Crippen LogP contribution in [0.15, 0.2) is 54.6 Å². The van der Waals surface area contributed by atoms with Crippen LogP contribution in [0.3, 0.4) is 0 Å². The van der Waals surface area contributed by atoms with Crippen molar-refractivity contribution in [3.05, 3.63) is 65.9 Å². The fourth-order valence-corrected chi connectivity index (χ4v) is 3.33. The Morgan fingerprint density at radius 1 is 1.17 bits per heavy atom. The van der Waals surface area contributed by atoms with E-state index >= 15 is 0 Å². The summed E-state index contributed by atoms with van der Waals surface area (Å²) in [7, 11) is 1.53. The molecule has 0 bridgehead atoms. The molecule has 1 aromatic carbocycles. The summed E-state index contributed by atoms with van der Waals surface area (Å²) in [5.41, 5.74) is 3.07. The van der Waals surface area contributed by atoms with E-state index in [0.29, 0.717) is 30.6 Å². The smallest absolute Gasteiger partial charge is 0.164 e. The first-order chi connectivity index (χ1) is 14.6. The molecule has 0 amide bonds. The number of aryl methyl sites for hydroxylation is 1. The molecule has 1 aliphatic rings. The first kappa shape index (κ1) is 20.1. The third-order valence-electron chi connectivity index (χ3n) is 4.89. The highest BCUT2D eigenvalue weighted by molar-refractivity contribution is 5.60. The number of aliphatic hydroxyl groups excluding tert-OH is 1. The predicted molar refractivity (Wildman–Crippen MR) is 113 cm³/mol. The minimum Gasteiger partial charge on any atom is -0.495 e. The van der Waals surface area contributed by atoms with Crippen LogP contribution in [0.1, 0.15) is 24.4 Å². The molecule has 4 rings (SSSR count). The molecule has 3 aromatic rings. The van der Waals surface area contributed by atoms with Crippen molar-refractivity contribution in [2.45, 2.75) is 20.0 Å². The number of ether oxygens (including phenoxy) is 2. The Balaban J connectivity index is 1.76. The Hall–Kier alpha value is -3.23. The van der Waals surface area contributed by atoms with Gasteiger partial charge in [0.1, 0.15) is 24.3 Å². The molecule has 0 saturated heterocycles. The van der Waals surface area contributed by atoms with Gasteiger partial charge < -0.3 is 19.5 Å². The molecule has 0 saturated carbocycles. The van der Waals surface area contributed by atoms with Crippen LogP contribution in [0, 0.1) is 6.92 Å². The van der Waals surface area contributed by atoms with E-state index in [9.17, 15) is 5.11 Å². The standard InChI is InChI=1S/C22H25N5O3/c1-15-5-4-6-17(11-15)18-7-8-27(25-18)21-12-20(26-9-10-30-16(2)13-26)23-22(24-21)19(14-28)29-3/h4-8,11-13,19,28H,9-10,14H2,1-3H3. The first-order valence-corrected chi connectivity index (χ1v) is 9.81. The number of aliphatic hydroxyl groups is 1. The molecule has 1 unspecified atom stereocenters. The molecule has 1 N–H and O–H groups in total. The summed E-state index contributed by atoms with van der Waals surface area (Å²) < 4.78 is 12.6. The highest BCUT2D eigenvalue weighted by Gasteiger charge is 2.20. The SMILES string of the molecule is COC(CO)c1nc(N2C=C(C)OCC2)cc(-n2ccc(-c3cccc(C)c3)n2)n1. The number of aromatic nitrogens is 4. The van der Waals surface area contributed by atoms with E-state index in [1.165, 1.54) is 12.7 Å². The average Bonchev–Trinajstić information content (AvgIpc) is 3.25. The molecule has 2 aromatic heterocycles. The van der Waals surface area contributed by atoms with E-state index in [2.05, 4.69) is 29.0 Å². The lowest BCUT2D eigenvalue weighted by Crippen LogP contribution is -2.28. The lowest BCUT2D eigenvalue weighted by atomic mass is 10.1. The minimum atomic E-state index is -0.623.